The third-order valence-corrected chi connectivity index (χ3v) is 10.3. The van der Waals surface area contributed by atoms with Gasteiger partial charge in [-0.1, -0.05) is 20.8 Å². The quantitative estimate of drug-likeness (QED) is 0.441. The van der Waals surface area contributed by atoms with Gasteiger partial charge in [0.2, 0.25) is 17.4 Å². The highest BCUT2D eigenvalue weighted by Gasteiger charge is 2.65. The van der Waals surface area contributed by atoms with Crippen molar-refractivity contribution in [1.29, 1.82) is 5.26 Å². The molecule has 254 valence electrons. The van der Waals surface area contributed by atoms with E-state index in [-0.39, 0.29) is 36.4 Å². The van der Waals surface area contributed by atoms with Gasteiger partial charge in [0.15, 0.2) is 17.7 Å². The predicted octanol–water partition coefficient (Wildman–Crippen LogP) is 2.68. The summed E-state index contributed by atoms with van der Waals surface area (Å²) < 4.78 is 66.1. The van der Waals surface area contributed by atoms with Gasteiger partial charge in [-0.3, -0.25) is 14.4 Å². The van der Waals surface area contributed by atoms with Crippen LogP contribution >= 0.6 is 0 Å². The number of nitrogens with zero attached hydrogens (tertiary/aromatic N) is 4. The molecule has 3 aliphatic heterocycles. The molecule has 6 rings (SSSR count). The molecule has 0 aromatic carbocycles. The molecule has 16 heteroatoms. The highest BCUT2D eigenvalue weighted by Crippen LogP contribution is 2.59. The molecule has 4 fully saturated rings. The summed E-state index contributed by atoms with van der Waals surface area (Å²) in [5.74, 6) is -4.30. The first-order valence-electron chi connectivity index (χ1n) is 15.6. The Balaban J connectivity index is 1.32. The van der Waals surface area contributed by atoms with Crippen molar-refractivity contribution in [3.05, 3.63) is 18.1 Å². The van der Waals surface area contributed by atoms with Crippen molar-refractivity contribution in [3.63, 3.8) is 0 Å². The highest BCUT2D eigenvalue weighted by atomic mass is 19.1. The first kappa shape index (κ1) is 32.8. The second-order valence-corrected chi connectivity index (χ2v) is 14.2. The van der Waals surface area contributed by atoms with Crippen LogP contribution in [0.1, 0.15) is 40.0 Å². The Bertz CT molecular complexity index is 1520. The van der Waals surface area contributed by atoms with E-state index < -0.39 is 103 Å². The zero-order valence-electron chi connectivity index (χ0n) is 26.1. The lowest BCUT2D eigenvalue weighted by Crippen LogP contribution is -2.60. The van der Waals surface area contributed by atoms with Crippen molar-refractivity contribution in [2.75, 3.05) is 31.8 Å². The number of fused-ring (bicyclic) bond motifs is 6. The van der Waals surface area contributed by atoms with E-state index in [1.54, 1.807) is 20.8 Å². The topological polar surface area (TPSA) is 154 Å². The number of pyridine rings is 1. The lowest BCUT2D eigenvalue weighted by atomic mass is 9.77. The van der Waals surface area contributed by atoms with E-state index in [1.807, 2.05) is 6.07 Å². The lowest BCUT2D eigenvalue weighted by molar-refractivity contribution is -0.149. The van der Waals surface area contributed by atoms with Gasteiger partial charge in [0.05, 0.1) is 18.8 Å². The molecule has 12 nitrogen and oxygen atoms in total. The van der Waals surface area contributed by atoms with Crippen LogP contribution in [0.25, 0.3) is 0 Å². The molecule has 2 aliphatic carbocycles. The normalized spacial score (nSPS) is 32.8. The Morgan fingerprint density at radius 2 is 1.96 bits per heavy atom. The summed E-state index contributed by atoms with van der Waals surface area (Å²) in [6.45, 7) is 2.09. The standard InChI is InChI=1S/C31H36F4N6O6/c1-30(2,3)24(38-29(45)46-17(8-32)9-33)27(43)40-12-19-14-4-18(20(35)5-14)22(19)23(40)26(42)41-13-31(7-16(41)10-36)28(44)39-25-21(47-31)6-15(34)11-37-25/h6,11,14,16-20,22-24H,4-5,7-9,12-13H2,1-3H3,(H,38,45)(H,37,39,44). The molecule has 2 saturated heterocycles. The van der Waals surface area contributed by atoms with Gasteiger partial charge >= 0.3 is 6.09 Å². The van der Waals surface area contributed by atoms with Crippen LogP contribution in [0.15, 0.2) is 12.3 Å². The van der Waals surface area contributed by atoms with Crippen LogP contribution in [-0.2, 0) is 19.1 Å². The molecule has 0 radical (unpaired) electrons. The molecule has 9 unspecified atom stereocenters. The fourth-order valence-electron chi connectivity index (χ4n) is 8.17. The predicted molar refractivity (Wildman–Crippen MR) is 154 cm³/mol. The van der Waals surface area contributed by atoms with Gasteiger partial charge in [-0.25, -0.2) is 27.3 Å². The summed E-state index contributed by atoms with van der Waals surface area (Å²) >= 11 is 0. The summed E-state index contributed by atoms with van der Waals surface area (Å²) in [4.78, 5) is 61.2. The maximum atomic E-state index is 15.2. The molecular formula is C31H36F4N6O6. The molecule has 2 bridgehead atoms. The molecule has 1 aromatic rings. The highest BCUT2D eigenvalue weighted by molar-refractivity contribution is 6.01. The number of alkyl halides is 3. The number of hydrogen-bond donors (Lipinski definition) is 2. The number of hydrogen-bond acceptors (Lipinski definition) is 8. The van der Waals surface area contributed by atoms with E-state index in [9.17, 15) is 37.6 Å². The smallest absolute Gasteiger partial charge is 0.408 e. The molecular weight excluding hydrogens is 628 g/mol. The summed E-state index contributed by atoms with van der Waals surface area (Å²) in [7, 11) is 0. The van der Waals surface area contributed by atoms with Gasteiger partial charge in [-0.05, 0) is 41.9 Å². The number of carbonyl (C=O) groups excluding carboxylic acids is 4. The zero-order valence-corrected chi connectivity index (χ0v) is 26.1. The summed E-state index contributed by atoms with van der Waals surface area (Å²) in [5, 5.41) is 15.1. The first-order chi connectivity index (χ1) is 22.2. The number of aromatic nitrogens is 1. The van der Waals surface area contributed by atoms with Gasteiger partial charge in [0, 0.05) is 19.0 Å². The first-order valence-corrected chi connectivity index (χ1v) is 15.6. The van der Waals surface area contributed by atoms with Crippen molar-refractivity contribution in [2.45, 2.75) is 76.0 Å². The summed E-state index contributed by atoms with van der Waals surface area (Å²) in [5.41, 5.74) is -2.73. The van der Waals surface area contributed by atoms with Crippen molar-refractivity contribution in [2.24, 2.45) is 29.1 Å². The van der Waals surface area contributed by atoms with E-state index in [0.29, 0.717) is 12.8 Å². The summed E-state index contributed by atoms with van der Waals surface area (Å²) in [6, 6.07) is -0.669. The van der Waals surface area contributed by atoms with Crippen molar-refractivity contribution in [3.8, 4) is 11.8 Å². The zero-order chi connectivity index (χ0) is 34.0. The number of nitrogens with one attached hydrogen (secondary N) is 2. The Hall–Kier alpha value is -4.16. The fourth-order valence-corrected chi connectivity index (χ4v) is 8.17. The van der Waals surface area contributed by atoms with Crippen LogP contribution in [0.4, 0.5) is 28.2 Å². The van der Waals surface area contributed by atoms with E-state index in [1.165, 1.54) is 4.90 Å². The van der Waals surface area contributed by atoms with Crippen molar-refractivity contribution >= 4 is 29.6 Å². The van der Waals surface area contributed by atoms with E-state index in [4.69, 9.17) is 9.47 Å². The fraction of sp³-hybridized carbons (Fsp3) is 0.677. The molecule has 9 atom stereocenters. The molecule has 1 spiro atoms. The number of rotatable bonds is 6. The Morgan fingerprint density at radius 3 is 2.62 bits per heavy atom. The lowest BCUT2D eigenvalue weighted by Gasteiger charge is -2.38. The van der Waals surface area contributed by atoms with Gasteiger partial charge in [0.1, 0.15) is 43.5 Å². The minimum absolute atomic E-state index is 0.0183. The number of alkyl carbamates (subject to hydrolysis) is 1. The molecule has 2 saturated carbocycles. The van der Waals surface area contributed by atoms with Crippen molar-refractivity contribution < 1.29 is 46.2 Å². The number of halogens is 4. The van der Waals surface area contributed by atoms with Crippen LogP contribution < -0.4 is 15.4 Å². The molecule has 2 N–H and O–H groups in total. The van der Waals surface area contributed by atoms with Gasteiger partial charge < -0.3 is 29.9 Å². The largest absolute Gasteiger partial charge is 0.471 e. The van der Waals surface area contributed by atoms with Crippen LogP contribution in [-0.4, -0.2) is 101 Å². The van der Waals surface area contributed by atoms with Gasteiger partial charge in [-0.15, -0.1) is 0 Å². The maximum Gasteiger partial charge on any atom is 0.408 e. The Kier molecular flexibility index (Phi) is 8.24. The monoisotopic (exact) mass is 664 g/mol. The second kappa shape index (κ2) is 11.8. The average Bonchev–Trinajstić information content (AvgIpc) is 3.78. The SMILES string of the molecule is CC(C)(C)C(NC(=O)OC(CF)CF)C(=O)N1CC2C3CC(F)C(C3)C2C1C(=O)N1CC2(CC1C#N)Oc1cc(F)cnc1NC2=O. The number of amides is 4. The Morgan fingerprint density at radius 1 is 1.23 bits per heavy atom. The molecule has 1 aromatic heterocycles. The number of likely N-dealkylation sites (tertiary alicyclic amines) is 2. The Labute approximate surface area is 268 Å². The number of nitriles is 1. The number of carbonyl (C=O) groups is 4. The molecule has 5 aliphatic rings. The molecule has 4 amide bonds. The minimum Gasteiger partial charge on any atom is -0.471 e. The van der Waals surface area contributed by atoms with E-state index in [2.05, 4.69) is 15.6 Å². The van der Waals surface area contributed by atoms with Crippen LogP contribution in [0.2, 0.25) is 0 Å². The molecule has 4 heterocycles. The maximum absolute atomic E-state index is 15.2. The third-order valence-electron chi connectivity index (χ3n) is 10.3. The van der Waals surface area contributed by atoms with E-state index >= 15 is 4.39 Å². The number of anilines is 1. The van der Waals surface area contributed by atoms with Crippen LogP contribution in [0.3, 0.4) is 0 Å². The average molecular weight is 665 g/mol. The number of ether oxygens (including phenoxy) is 2. The summed E-state index contributed by atoms with van der Waals surface area (Å²) in [6.07, 6.45) is -2.60. The van der Waals surface area contributed by atoms with Gasteiger partial charge in [-0.2, -0.15) is 5.26 Å². The van der Waals surface area contributed by atoms with Crippen LogP contribution in [0, 0.1) is 46.2 Å². The molecule has 47 heavy (non-hydrogen) atoms. The van der Waals surface area contributed by atoms with E-state index in [0.717, 1.165) is 17.2 Å². The van der Waals surface area contributed by atoms with Crippen LogP contribution in [0.5, 0.6) is 5.75 Å². The minimum atomic E-state index is -1.76. The third kappa shape index (κ3) is 5.50. The second-order valence-electron chi connectivity index (χ2n) is 14.2. The van der Waals surface area contributed by atoms with Gasteiger partial charge in [0.25, 0.3) is 5.91 Å². The van der Waals surface area contributed by atoms with Crippen molar-refractivity contribution in [1.82, 2.24) is 20.1 Å².